The van der Waals surface area contributed by atoms with Crippen molar-refractivity contribution in [2.75, 3.05) is 5.75 Å². The van der Waals surface area contributed by atoms with Crippen molar-refractivity contribution in [3.8, 4) is 0 Å². The van der Waals surface area contributed by atoms with Crippen molar-refractivity contribution in [1.29, 1.82) is 0 Å². The summed E-state index contributed by atoms with van der Waals surface area (Å²) in [7, 11) is 0. The summed E-state index contributed by atoms with van der Waals surface area (Å²) in [6.45, 7) is 0. The van der Waals surface area contributed by atoms with Crippen LogP contribution in [0.5, 0.6) is 0 Å². The van der Waals surface area contributed by atoms with Gasteiger partial charge in [-0.05, 0) is 11.6 Å². The van der Waals surface area contributed by atoms with Crippen molar-refractivity contribution >= 4 is 40.8 Å². The normalized spacial score (nSPS) is 11.6. The van der Waals surface area contributed by atoms with Gasteiger partial charge in [-0.2, -0.15) is 13.2 Å². The standard InChI is InChI=1S/C12H10F3N3OS3/c13-12(14,15)8-3-1-2-7(4-8)5-20-10-17-18-11(22-10)21-6-9(16)19/h1-4H,5-6H2,(H2,16,19). The van der Waals surface area contributed by atoms with Gasteiger partial charge in [-0.15, -0.1) is 10.2 Å². The number of amides is 1. The zero-order valence-corrected chi connectivity index (χ0v) is 13.4. The van der Waals surface area contributed by atoms with Crippen LogP contribution in [0.2, 0.25) is 0 Å². The second-order valence-corrected chi connectivity index (χ2v) is 7.50. The molecule has 1 aromatic heterocycles. The molecule has 1 heterocycles. The molecule has 0 saturated heterocycles. The number of carbonyl (C=O) groups is 1. The monoisotopic (exact) mass is 365 g/mol. The summed E-state index contributed by atoms with van der Waals surface area (Å²) in [6.07, 6.45) is -4.35. The van der Waals surface area contributed by atoms with E-state index in [9.17, 15) is 18.0 Å². The number of alkyl halides is 3. The number of aromatic nitrogens is 2. The molecule has 22 heavy (non-hydrogen) atoms. The number of carbonyl (C=O) groups excluding carboxylic acids is 1. The smallest absolute Gasteiger partial charge is 0.369 e. The van der Waals surface area contributed by atoms with Gasteiger partial charge in [0.05, 0.1) is 11.3 Å². The SMILES string of the molecule is NC(=O)CSc1nnc(SCc2cccc(C(F)(F)F)c2)s1. The quantitative estimate of drug-likeness (QED) is 0.795. The zero-order valence-electron chi connectivity index (χ0n) is 11.0. The highest BCUT2D eigenvalue weighted by Gasteiger charge is 2.30. The van der Waals surface area contributed by atoms with Crippen LogP contribution in [0.15, 0.2) is 32.9 Å². The first-order chi connectivity index (χ1) is 10.3. The van der Waals surface area contributed by atoms with E-state index < -0.39 is 17.6 Å². The van der Waals surface area contributed by atoms with Crippen molar-refractivity contribution < 1.29 is 18.0 Å². The molecule has 0 saturated carbocycles. The first kappa shape index (κ1) is 17.1. The molecule has 4 nitrogen and oxygen atoms in total. The van der Waals surface area contributed by atoms with Gasteiger partial charge < -0.3 is 5.73 Å². The summed E-state index contributed by atoms with van der Waals surface area (Å²) in [5, 5.41) is 7.80. The Morgan fingerprint density at radius 2 is 1.91 bits per heavy atom. The highest BCUT2D eigenvalue weighted by Crippen LogP contribution is 2.33. The van der Waals surface area contributed by atoms with Crippen LogP contribution in [0.4, 0.5) is 13.2 Å². The average Bonchev–Trinajstić information content (AvgIpc) is 2.90. The van der Waals surface area contributed by atoms with Crippen LogP contribution in [0.1, 0.15) is 11.1 Å². The molecule has 0 spiro atoms. The zero-order chi connectivity index (χ0) is 16.2. The Bertz CT molecular complexity index is 660. The van der Waals surface area contributed by atoms with Gasteiger partial charge in [0.25, 0.3) is 0 Å². The number of nitrogens with two attached hydrogens (primary N) is 1. The molecule has 0 aliphatic carbocycles. The number of hydrogen-bond acceptors (Lipinski definition) is 6. The Morgan fingerprint density at radius 3 is 2.55 bits per heavy atom. The number of hydrogen-bond donors (Lipinski definition) is 1. The van der Waals surface area contributed by atoms with Crippen molar-refractivity contribution in [2.45, 2.75) is 20.6 Å². The van der Waals surface area contributed by atoms with Crippen LogP contribution in [-0.2, 0) is 16.7 Å². The molecule has 1 aromatic carbocycles. The van der Waals surface area contributed by atoms with Crippen LogP contribution in [0.25, 0.3) is 0 Å². The van der Waals surface area contributed by atoms with Crippen LogP contribution < -0.4 is 5.73 Å². The maximum Gasteiger partial charge on any atom is 0.416 e. The van der Waals surface area contributed by atoms with E-state index in [0.717, 1.165) is 12.1 Å². The maximum atomic E-state index is 12.6. The van der Waals surface area contributed by atoms with Gasteiger partial charge in [-0.25, -0.2) is 0 Å². The number of rotatable bonds is 6. The Balaban J connectivity index is 1.94. The molecule has 0 aliphatic heterocycles. The number of nitrogens with zero attached hydrogens (tertiary/aromatic N) is 2. The second kappa shape index (κ2) is 7.34. The largest absolute Gasteiger partial charge is 0.416 e. The van der Waals surface area contributed by atoms with E-state index in [2.05, 4.69) is 10.2 Å². The van der Waals surface area contributed by atoms with Gasteiger partial charge in [-0.1, -0.05) is 53.1 Å². The molecule has 0 bridgehead atoms. The van der Waals surface area contributed by atoms with E-state index in [0.29, 0.717) is 20.0 Å². The molecular weight excluding hydrogens is 355 g/mol. The van der Waals surface area contributed by atoms with Crippen LogP contribution in [0.3, 0.4) is 0 Å². The van der Waals surface area contributed by atoms with Gasteiger partial charge in [0, 0.05) is 5.75 Å². The average molecular weight is 365 g/mol. The Labute approximate surface area is 136 Å². The van der Waals surface area contributed by atoms with E-state index in [1.165, 1.54) is 40.9 Å². The lowest BCUT2D eigenvalue weighted by atomic mass is 10.1. The lowest BCUT2D eigenvalue weighted by Gasteiger charge is -2.07. The number of primary amides is 1. The van der Waals surface area contributed by atoms with Crippen molar-refractivity contribution in [2.24, 2.45) is 5.73 Å². The van der Waals surface area contributed by atoms with Crippen LogP contribution in [-0.4, -0.2) is 21.9 Å². The molecule has 2 rings (SSSR count). The minimum absolute atomic E-state index is 0.118. The highest BCUT2D eigenvalue weighted by molar-refractivity contribution is 8.03. The molecular formula is C12H10F3N3OS3. The lowest BCUT2D eigenvalue weighted by molar-refractivity contribution is -0.137. The van der Waals surface area contributed by atoms with Crippen molar-refractivity contribution in [3.63, 3.8) is 0 Å². The predicted molar refractivity (Wildman–Crippen MR) is 80.8 cm³/mol. The third kappa shape index (κ3) is 5.18. The minimum Gasteiger partial charge on any atom is -0.369 e. The van der Waals surface area contributed by atoms with E-state index in [1.54, 1.807) is 6.07 Å². The molecule has 0 unspecified atom stereocenters. The Morgan fingerprint density at radius 1 is 1.23 bits per heavy atom. The molecule has 0 radical (unpaired) electrons. The third-order valence-electron chi connectivity index (χ3n) is 2.34. The van der Waals surface area contributed by atoms with Gasteiger partial charge in [0.2, 0.25) is 5.91 Å². The fourth-order valence-corrected chi connectivity index (χ4v) is 4.13. The maximum absolute atomic E-state index is 12.6. The summed E-state index contributed by atoms with van der Waals surface area (Å²) in [5.41, 5.74) is 4.92. The van der Waals surface area contributed by atoms with Crippen LogP contribution in [0, 0.1) is 0 Å². The molecule has 118 valence electrons. The van der Waals surface area contributed by atoms with Gasteiger partial charge in [0.15, 0.2) is 8.68 Å². The molecule has 0 fully saturated rings. The Kier molecular flexibility index (Phi) is 5.70. The summed E-state index contributed by atoms with van der Waals surface area (Å²) in [6, 6.07) is 5.17. The van der Waals surface area contributed by atoms with Gasteiger partial charge in [-0.3, -0.25) is 4.79 Å². The summed E-state index contributed by atoms with van der Waals surface area (Å²) in [5.74, 6) is 0.0322. The first-order valence-corrected chi connectivity index (χ1v) is 8.67. The molecule has 1 amide bonds. The molecule has 0 atom stereocenters. The predicted octanol–water partition coefficient (Wildman–Crippen LogP) is 3.43. The lowest BCUT2D eigenvalue weighted by Crippen LogP contribution is -2.12. The summed E-state index contributed by atoms with van der Waals surface area (Å²) >= 11 is 3.76. The van der Waals surface area contributed by atoms with E-state index in [4.69, 9.17) is 5.73 Å². The Hall–Kier alpha value is -1.26. The molecule has 2 aromatic rings. The van der Waals surface area contributed by atoms with Crippen LogP contribution >= 0.6 is 34.9 Å². The second-order valence-electron chi connectivity index (χ2n) is 4.08. The molecule has 2 N–H and O–H groups in total. The topological polar surface area (TPSA) is 68.9 Å². The number of benzene rings is 1. The van der Waals surface area contributed by atoms with Crippen molar-refractivity contribution in [3.05, 3.63) is 35.4 Å². The summed E-state index contributed by atoms with van der Waals surface area (Å²) in [4.78, 5) is 10.7. The number of thioether (sulfide) groups is 2. The molecule has 0 aliphatic rings. The summed E-state index contributed by atoms with van der Waals surface area (Å²) < 4.78 is 39.1. The number of halogens is 3. The first-order valence-electron chi connectivity index (χ1n) is 5.88. The third-order valence-corrected chi connectivity index (χ3v) is 5.63. The van der Waals surface area contributed by atoms with Gasteiger partial charge >= 0.3 is 6.18 Å². The van der Waals surface area contributed by atoms with Gasteiger partial charge in [0.1, 0.15) is 0 Å². The van der Waals surface area contributed by atoms with E-state index in [-0.39, 0.29) is 5.75 Å². The fourth-order valence-electron chi connectivity index (χ4n) is 1.43. The van der Waals surface area contributed by atoms with Crippen molar-refractivity contribution in [1.82, 2.24) is 10.2 Å². The molecule has 10 heteroatoms. The fraction of sp³-hybridized carbons (Fsp3) is 0.250. The van der Waals surface area contributed by atoms with E-state index >= 15 is 0 Å². The highest BCUT2D eigenvalue weighted by atomic mass is 32.2. The van der Waals surface area contributed by atoms with E-state index in [1.807, 2.05) is 0 Å². The minimum atomic E-state index is -4.35.